The topological polar surface area (TPSA) is 26.7 Å². The lowest BCUT2D eigenvalue weighted by Crippen LogP contribution is -2.40. The Morgan fingerprint density at radius 2 is 2.10 bits per heavy atom. The standard InChI is InChI=1S/C17H27FN2O/c1-5-14-11-19(4)7-6-8-20(14)17-9-12(2)16(18)10-15(17)13(3)21/h9-10,13-14,21H,5-8,11H2,1-4H3/t13-,14?/m1/s1. The van der Waals surface area contributed by atoms with E-state index < -0.39 is 6.10 Å². The van der Waals surface area contributed by atoms with E-state index in [1.807, 2.05) is 6.07 Å². The summed E-state index contributed by atoms with van der Waals surface area (Å²) in [6, 6.07) is 3.79. The molecule has 0 radical (unpaired) electrons. The monoisotopic (exact) mass is 294 g/mol. The second kappa shape index (κ2) is 6.75. The van der Waals surface area contributed by atoms with Gasteiger partial charge in [-0.15, -0.1) is 0 Å². The lowest BCUT2D eigenvalue weighted by atomic mass is 10.0. The molecule has 3 nitrogen and oxygen atoms in total. The number of likely N-dealkylation sites (N-methyl/N-ethyl adjacent to an activating group) is 1. The third-order valence-corrected chi connectivity index (χ3v) is 4.44. The van der Waals surface area contributed by atoms with Crippen molar-refractivity contribution < 1.29 is 9.50 Å². The number of rotatable bonds is 3. The van der Waals surface area contributed by atoms with Gasteiger partial charge in [-0.1, -0.05) is 6.92 Å². The Morgan fingerprint density at radius 1 is 1.38 bits per heavy atom. The van der Waals surface area contributed by atoms with E-state index in [4.69, 9.17) is 0 Å². The molecule has 21 heavy (non-hydrogen) atoms. The highest BCUT2D eigenvalue weighted by Gasteiger charge is 2.25. The summed E-state index contributed by atoms with van der Waals surface area (Å²) < 4.78 is 13.9. The average molecular weight is 294 g/mol. The quantitative estimate of drug-likeness (QED) is 0.928. The molecule has 118 valence electrons. The molecule has 1 fully saturated rings. The summed E-state index contributed by atoms with van der Waals surface area (Å²) >= 11 is 0. The Kier molecular flexibility index (Phi) is 5.22. The van der Waals surface area contributed by atoms with Crippen LogP contribution < -0.4 is 4.90 Å². The fourth-order valence-electron chi connectivity index (χ4n) is 3.17. The van der Waals surface area contributed by atoms with E-state index in [9.17, 15) is 9.50 Å². The fraction of sp³-hybridized carbons (Fsp3) is 0.647. The lowest BCUT2D eigenvalue weighted by molar-refractivity contribution is 0.199. The first-order valence-corrected chi connectivity index (χ1v) is 7.87. The van der Waals surface area contributed by atoms with Crippen molar-refractivity contribution in [1.82, 2.24) is 4.90 Å². The van der Waals surface area contributed by atoms with Crippen LogP contribution in [-0.2, 0) is 0 Å². The van der Waals surface area contributed by atoms with Gasteiger partial charge >= 0.3 is 0 Å². The molecule has 1 unspecified atom stereocenters. The molecule has 1 aromatic carbocycles. The maximum Gasteiger partial charge on any atom is 0.126 e. The van der Waals surface area contributed by atoms with Crippen LogP contribution in [0, 0.1) is 12.7 Å². The number of anilines is 1. The predicted molar refractivity (Wildman–Crippen MR) is 85.3 cm³/mol. The first-order valence-electron chi connectivity index (χ1n) is 7.87. The SMILES string of the molecule is CCC1CN(C)CCCN1c1cc(C)c(F)cc1[C@@H](C)O. The summed E-state index contributed by atoms with van der Waals surface area (Å²) in [6.07, 6.45) is 1.47. The summed E-state index contributed by atoms with van der Waals surface area (Å²) in [6.45, 7) is 8.72. The van der Waals surface area contributed by atoms with Crippen LogP contribution in [0.5, 0.6) is 0 Å². The molecule has 1 saturated heterocycles. The summed E-state index contributed by atoms with van der Waals surface area (Å²) in [7, 11) is 2.15. The van der Waals surface area contributed by atoms with Crippen molar-refractivity contribution in [3.8, 4) is 0 Å². The first kappa shape index (κ1) is 16.2. The van der Waals surface area contributed by atoms with Gasteiger partial charge in [0, 0.05) is 30.4 Å². The number of aliphatic hydroxyl groups is 1. The van der Waals surface area contributed by atoms with Crippen molar-refractivity contribution in [1.29, 1.82) is 0 Å². The Balaban J connectivity index is 2.44. The molecule has 2 atom stereocenters. The van der Waals surface area contributed by atoms with Gasteiger partial charge in [0.2, 0.25) is 0 Å². The number of hydrogen-bond acceptors (Lipinski definition) is 3. The number of aliphatic hydroxyl groups excluding tert-OH is 1. The van der Waals surface area contributed by atoms with Crippen molar-refractivity contribution in [2.45, 2.75) is 45.8 Å². The van der Waals surface area contributed by atoms with Crippen LogP contribution in [-0.4, -0.2) is 42.7 Å². The zero-order valence-corrected chi connectivity index (χ0v) is 13.6. The molecule has 1 N–H and O–H groups in total. The molecule has 1 aliphatic rings. The van der Waals surface area contributed by atoms with Gasteiger partial charge in [-0.05, 0) is 58.0 Å². The van der Waals surface area contributed by atoms with E-state index in [-0.39, 0.29) is 5.82 Å². The van der Waals surface area contributed by atoms with Crippen LogP contribution in [0.4, 0.5) is 10.1 Å². The second-order valence-corrected chi connectivity index (χ2v) is 6.21. The van der Waals surface area contributed by atoms with E-state index >= 15 is 0 Å². The number of halogens is 1. The summed E-state index contributed by atoms with van der Waals surface area (Å²) in [5, 5.41) is 10.0. The van der Waals surface area contributed by atoms with E-state index in [0.717, 1.165) is 38.2 Å². The van der Waals surface area contributed by atoms with Gasteiger partial charge in [0.05, 0.1) is 6.10 Å². The normalized spacial score (nSPS) is 22.2. The molecular formula is C17H27FN2O. The first-order chi connectivity index (χ1) is 9.93. The molecule has 0 saturated carbocycles. The molecule has 1 aromatic rings. The van der Waals surface area contributed by atoms with Crippen LogP contribution in [0.15, 0.2) is 12.1 Å². The van der Waals surface area contributed by atoms with Gasteiger partial charge in [-0.3, -0.25) is 0 Å². The fourth-order valence-corrected chi connectivity index (χ4v) is 3.17. The highest BCUT2D eigenvalue weighted by Crippen LogP contribution is 2.32. The van der Waals surface area contributed by atoms with Crippen LogP contribution in [0.3, 0.4) is 0 Å². The largest absolute Gasteiger partial charge is 0.389 e. The minimum atomic E-state index is -0.659. The predicted octanol–water partition coefficient (Wildman–Crippen LogP) is 3.11. The number of benzene rings is 1. The highest BCUT2D eigenvalue weighted by atomic mass is 19.1. The average Bonchev–Trinajstić information content (AvgIpc) is 2.62. The highest BCUT2D eigenvalue weighted by molar-refractivity contribution is 5.57. The zero-order valence-electron chi connectivity index (χ0n) is 13.6. The van der Waals surface area contributed by atoms with Crippen molar-refractivity contribution >= 4 is 5.69 Å². The second-order valence-electron chi connectivity index (χ2n) is 6.21. The molecule has 1 heterocycles. The van der Waals surface area contributed by atoms with Gasteiger partial charge in [0.1, 0.15) is 5.82 Å². The molecule has 4 heteroatoms. The van der Waals surface area contributed by atoms with Crippen LogP contribution in [0.1, 0.15) is 43.9 Å². The zero-order chi connectivity index (χ0) is 15.6. The van der Waals surface area contributed by atoms with Crippen LogP contribution >= 0.6 is 0 Å². The lowest BCUT2D eigenvalue weighted by Gasteiger charge is -2.34. The summed E-state index contributed by atoms with van der Waals surface area (Å²) in [5.74, 6) is -0.241. The number of nitrogens with zero attached hydrogens (tertiary/aromatic N) is 2. The van der Waals surface area contributed by atoms with Gasteiger partial charge in [0.15, 0.2) is 0 Å². The Hall–Kier alpha value is -1.13. The van der Waals surface area contributed by atoms with Gasteiger partial charge in [-0.2, -0.15) is 0 Å². The Bertz CT molecular complexity index is 490. The van der Waals surface area contributed by atoms with Gasteiger partial charge in [-0.25, -0.2) is 4.39 Å². The molecule has 0 aliphatic carbocycles. The molecule has 0 bridgehead atoms. The van der Waals surface area contributed by atoms with Crippen LogP contribution in [0.25, 0.3) is 0 Å². The molecule has 0 spiro atoms. The molecule has 2 rings (SSSR count). The van der Waals surface area contributed by atoms with E-state index in [0.29, 0.717) is 17.2 Å². The Labute approximate surface area is 127 Å². The molecular weight excluding hydrogens is 267 g/mol. The minimum Gasteiger partial charge on any atom is -0.389 e. The maximum atomic E-state index is 13.9. The van der Waals surface area contributed by atoms with Crippen molar-refractivity contribution in [2.24, 2.45) is 0 Å². The molecule has 0 amide bonds. The molecule has 0 aromatic heterocycles. The minimum absolute atomic E-state index is 0.241. The maximum absolute atomic E-state index is 13.9. The van der Waals surface area contributed by atoms with Gasteiger partial charge in [0.25, 0.3) is 0 Å². The van der Waals surface area contributed by atoms with E-state index in [1.54, 1.807) is 13.8 Å². The third kappa shape index (κ3) is 3.55. The Morgan fingerprint density at radius 3 is 2.71 bits per heavy atom. The van der Waals surface area contributed by atoms with E-state index in [2.05, 4.69) is 23.8 Å². The number of aryl methyl sites for hydroxylation is 1. The smallest absolute Gasteiger partial charge is 0.126 e. The van der Waals surface area contributed by atoms with E-state index in [1.165, 1.54) is 6.07 Å². The van der Waals surface area contributed by atoms with Crippen molar-refractivity contribution in [3.05, 3.63) is 29.1 Å². The van der Waals surface area contributed by atoms with Crippen LogP contribution in [0.2, 0.25) is 0 Å². The van der Waals surface area contributed by atoms with Gasteiger partial charge < -0.3 is 14.9 Å². The molecule has 1 aliphatic heterocycles. The summed E-state index contributed by atoms with van der Waals surface area (Å²) in [4.78, 5) is 4.71. The van der Waals surface area contributed by atoms with Crippen molar-refractivity contribution in [2.75, 3.05) is 31.6 Å². The summed E-state index contributed by atoms with van der Waals surface area (Å²) in [5.41, 5.74) is 2.33. The number of hydrogen-bond donors (Lipinski definition) is 1. The van der Waals surface area contributed by atoms with Crippen molar-refractivity contribution in [3.63, 3.8) is 0 Å². The third-order valence-electron chi connectivity index (χ3n) is 4.44.